The van der Waals surface area contributed by atoms with Crippen LogP contribution >= 0.6 is 10.9 Å². The van der Waals surface area contributed by atoms with Gasteiger partial charge in [-0.05, 0) is 35.9 Å². The number of amides is 1. The third kappa shape index (κ3) is 3.27. The van der Waals surface area contributed by atoms with E-state index in [0.717, 1.165) is 28.2 Å². The Bertz CT molecular complexity index is 1060. The summed E-state index contributed by atoms with van der Waals surface area (Å²) < 4.78 is 0. The van der Waals surface area contributed by atoms with Gasteiger partial charge in [-0.1, -0.05) is 35.2 Å². The number of nitrogens with zero attached hydrogens (tertiary/aromatic N) is 4. The normalized spacial score (nSPS) is 15.4. The van der Waals surface area contributed by atoms with Crippen molar-refractivity contribution in [3.05, 3.63) is 71.9 Å². The molecule has 28 heavy (non-hydrogen) atoms. The molecule has 2 aliphatic rings. The molecule has 5 nitrogen and oxygen atoms in total. The van der Waals surface area contributed by atoms with Gasteiger partial charge in [-0.15, -0.1) is 0 Å². The summed E-state index contributed by atoms with van der Waals surface area (Å²) >= 11 is 0. The molecule has 0 bridgehead atoms. The smallest absolute Gasteiger partial charge is 0.274 e. The SMILES string of the molecule is CN(C)c1ccc(C2=NC3=S=C(c4ccc(N(C)C)cc4)C(=O)N3C=C2)cc1. The van der Waals surface area contributed by atoms with Crippen molar-refractivity contribution in [3.8, 4) is 0 Å². The minimum absolute atomic E-state index is 0.0281. The standard InChI is InChI=1S/C22H22N4OS/c1-24(2)17-9-5-15(6-10-17)19-13-14-26-21(27)20(28-22(26)23-19)16-7-11-18(12-8-16)25(3)4/h5-14H,1-4H3. The Morgan fingerprint density at radius 1 is 0.821 bits per heavy atom. The molecule has 1 amide bonds. The fourth-order valence-electron chi connectivity index (χ4n) is 3.06. The summed E-state index contributed by atoms with van der Waals surface area (Å²) in [4.78, 5) is 24.0. The highest BCUT2D eigenvalue weighted by Gasteiger charge is 2.29. The highest BCUT2D eigenvalue weighted by molar-refractivity contribution is 8.00. The molecule has 0 saturated heterocycles. The maximum absolute atomic E-state index is 12.8. The number of allylic oxidation sites excluding steroid dienone is 1. The van der Waals surface area contributed by atoms with Crippen LogP contribution in [0.25, 0.3) is 0 Å². The predicted octanol–water partition coefficient (Wildman–Crippen LogP) is 3.02. The molecule has 0 saturated carbocycles. The molecular formula is C22H22N4OS. The van der Waals surface area contributed by atoms with Crippen LogP contribution in [0.5, 0.6) is 0 Å². The van der Waals surface area contributed by atoms with E-state index in [1.807, 2.05) is 69.6 Å². The van der Waals surface area contributed by atoms with Crippen molar-refractivity contribution >= 4 is 43.9 Å². The molecule has 2 aliphatic heterocycles. The number of rotatable bonds is 4. The molecule has 2 heterocycles. The predicted molar refractivity (Wildman–Crippen MR) is 121 cm³/mol. The average molecular weight is 391 g/mol. The van der Waals surface area contributed by atoms with Gasteiger partial charge in [0.2, 0.25) is 0 Å². The zero-order valence-electron chi connectivity index (χ0n) is 16.4. The first-order chi connectivity index (χ1) is 13.4. The molecule has 4 rings (SSSR count). The summed E-state index contributed by atoms with van der Waals surface area (Å²) in [5.74, 6) is -0.0281. The molecule has 0 radical (unpaired) electrons. The fourth-order valence-corrected chi connectivity index (χ4v) is 4.07. The third-order valence-electron chi connectivity index (χ3n) is 4.74. The highest BCUT2D eigenvalue weighted by atomic mass is 32.1. The summed E-state index contributed by atoms with van der Waals surface area (Å²) in [6, 6.07) is 16.3. The summed E-state index contributed by atoms with van der Waals surface area (Å²) in [6.45, 7) is 0. The van der Waals surface area contributed by atoms with E-state index in [2.05, 4.69) is 29.2 Å². The van der Waals surface area contributed by atoms with Crippen LogP contribution in [-0.2, 0) is 4.79 Å². The molecule has 2 aromatic carbocycles. The van der Waals surface area contributed by atoms with Crippen LogP contribution in [0.4, 0.5) is 11.4 Å². The Morgan fingerprint density at radius 3 is 1.89 bits per heavy atom. The van der Waals surface area contributed by atoms with Crippen LogP contribution < -0.4 is 9.80 Å². The van der Waals surface area contributed by atoms with Crippen molar-refractivity contribution in [2.45, 2.75) is 0 Å². The number of anilines is 2. The molecule has 0 N–H and O–H groups in total. The number of aliphatic imine (C=N–C) groups is 1. The quantitative estimate of drug-likeness (QED) is 0.754. The van der Waals surface area contributed by atoms with Gasteiger partial charge >= 0.3 is 0 Å². The fraction of sp³-hybridized carbons (Fsp3) is 0.182. The summed E-state index contributed by atoms with van der Waals surface area (Å²) in [6.07, 6.45) is 3.71. The Labute approximate surface area is 168 Å². The number of fused-ring (bicyclic) bond motifs is 1. The van der Waals surface area contributed by atoms with Gasteiger partial charge in [0.1, 0.15) is 4.86 Å². The lowest BCUT2D eigenvalue weighted by Crippen LogP contribution is -2.33. The summed E-state index contributed by atoms with van der Waals surface area (Å²) in [5.41, 5.74) is 5.06. The second-order valence-electron chi connectivity index (χ2n) is 7.08. The zero-order valence-corrected chi connectivity index (χ0v) is 17.2. The van der Waals surface area contributed by atoms with Crippen LogP contribution in [-0.4, -0.2) is 54.7 Å². The van der Waals surface area contributed by atoms with Crippen molar-refractivity contribution < 1.29 is 4.79 Å². The van der Waals surface area contributed by atoms with Gasteiger partial charge in [0.05, 0.1) is 5.71 Å². The first kappa shape index (κ1) is 18.3. The second kappa shape index (κ2) is 7.13. The van der Waals surface area contributed by atoms with E-state index in [1.165, 1.54) is 10.9 Å². The average Bonchev–Trinajstić information content (AvgIpc) is 3.04. The Hall–Kier alpha value is -3.12. The van der Waals surface area contributed by atoms with Gasteiger partial charge < -0.3 is 9.80 Å². The van der Waals surface area contributed by atoms with E-state index in [4.69, 9.17) is 4.99 Å². The number of hydrogen-bond donors (Lipinski definition) is 0. The first-order valence-electron chi connectivity index (χ1n) is 9.02. The molecule has 6 heteroatoms. The minimum atomic E-state index is -0.0281. The van der Waals surface area contributed by atoms with Crippen LogP contribution in [0, 0.1) is 0 Å². The maximum Gasteiger partial charge on any atom is 0.274 e. The van der Waals surface area contributed by atoms with Crippen molar-refractivity contribution in [2.24, 2.45) is 4.99 Å². The minimum Gasteiger partial charge on any atom is -0.378 e. The third-order valence-corrected chi connectivity index (χ3v) is 5.82. The first-order valence-corrected chi connectivity index (χ1v) is 9.83. The Morgan fingerprint density at radius 2 is 1.36 bits per heavy atom. The number of benzene rings is 2. The zero-order chi connectivity index (χ0) is 19.8. The van der Waals surface area contributed by atoms with E-state index in [-0.39, 0.29) is 5.91 Å². The number of carbonyl (C=O) groups excluding carboxylic acids is 1. The largest absolute Gasteiger partial charge is 0.378 e. The molecule has 0 spiro atoms. The van der Waals surface area contributed by atoms with Gasteiger partial charge in [-0.25, -0.2) is 4.99 Å². The number of carbonyl (C=O) groups is 1. The lowest BCUT2D eigenvalue weighted by Gasteiger charge is -2.18. The lowest BCUT2D eigenvalue weighted by molar-refractivity contribution is -0.118. The molecule has 0 aromatic heterocycles. The van der Waals surface area contributed by atoms with E-state index in [9.17, 15) is 4.79 Å². The lowest BCUT2D eigenvalue weighted by atomic mass is 10.1. The molecule has 0 unspecified atom stereocenters. The van der Waals surface area contributed by atoms with Crippen molar-refractivity contribution in [1.82, 2.24) is 4.90 Å². The monoisotopic (exact) mass is 390 g/mol. The van der Waals surface area contributed by atoms with Crippen LogP contribution in [0.15, 0.2) is 65.8 Å². The van der Waals surface area contributed by atoms with E-state index in [0.29, 0.717) is 9.98 Å². The van der Waals surface area contributed by atoms with E-state index < -0.39 is 0 Å². The topological polar surface area (TPSA) is 39.1 Å². The molecular weight excluding hydrogens is 368 g/mol. The van der Waals surface area contributed by atoms with E-state index >= 15 is 0 Å². The van der Waals surface area contributed by atoms with Gasteiger partial charge in [0.15, 0.2) is 5.11 Å². The van der Waals surface area contributed by atoms with Crippen LogP contribution in [0.2, 0.25) is 0 Å². The summed E-state index contributed by atoms with van der Waals surface area (Å²) in [7, 11) is 9.46. The van der Waals surface area contributed by atoms with Gasteiger partial charge in [0, 0.05) is 51.3 Å². The van der Waals surface area contributed by atoms with Crippen molar-refractivity contribution in [2.75, 3.05) is 38.0 Å². The van der Waals surface area contributed by atoms with Gasteiger partial charge in [0.25, 0.3) is 5.91 Å². The van der Waals surface area contributed by atoms with Crippen LogP contribution in [0.1, 0.15) is 11.1 Å². The second-order valence-corrected chi connectivity index (χ2v) is 8.06. The molecule has 142 valence electrons. The van der Waals surface area contributed by atoms with E-state index in [1.54, 1.807) is 4.90 Å². The molecule has 0 atom stereocenters. The summed E-state index contributed by atoms with van der Waals surface area (Å²) in [5, 5.41) is 0.700. The van der Waals surface area contributed by atoms with Crippen LogP contribution in [0.3, 0.4) is 0 Å². The Balaban J connectivity index is 1.68. The molecule has 0 aliphatic carbocycles. The molecule has 2 aromatic rings. The Kier molecular flexibility index (Phi) is 4.65. The number of hydrogen-bond acceptors (Lipinski definition) is 4. The maximum atomic E-state index is 12.8. The van der Waals surface area contributed by atoms with Gasteiger partial charge in [-0.3, -0.25) is 9.69 Å². The highest BCUT2D eigenvalue weighted by Crippen LogP contribution is 2.22. The van der Waals surface area contributed by atoms with Gasteiger partial charge in [-0.2, -0.15) is 0 Å². The van der Waals surface area contributed by atoms with Crippen molar-refractivity contribution in [3.63, 3.8) is 0 Å². The van der Waals surface area contributed by atoms with Crippen molar-refractivity contribution in [1.29, 1.82) is 0 Å². The molecule has 0 fully saturated rings.